The van der Waals surface area contributed by atoms with E-state index in [-0.39, 0.29) is 17.3 Å². The van der Waals surface area contributed by atoms with Crippen LogP contribution in [0.3, 0.4) is 0 Å². The molecule has 0 radical (unpaired) electrons. The topological polar surface area (TPSA) is 89.6 Å². The van der Waals surface area contributed by atoms with Gasteiger partial charge < -0.3 is 5.11 Å². The first-order valence-corrected chi connectivity index (χ1v) is 5.68. The van der Waals surface area contributed by atoms with E-state index in [9.17, 15) is 13.5 Å². The molecule has 1 rings (SSSR count). The van der Waals surface area contributed by atoms with E-state index in [1.165, 1.54) is 18.2 Å². The van der Waals surface area contributed by atoms with Gasteiger partial charge in [0.2, 0.25) is 0 Å². The molecule has 0 aliphatic heterocycles. The van der Waals surface area contributed by atoms with Crippen LogP contribution in [0.4, 0.5) is 0 Å². The van der Waals surface area contributed by atoms with Gasteiger partial charge in [-0.2, -0.15) is 0 Å². The van der Waals surface area contributed by atoms with Gasteiger partial charge in [-0.15, -0.1) is 0 Å². The maximum absolute atomic E-state index is 11.1. The van der Waals surface area contributed by atoms with Crippen molar-refractivity contribution in [1.29, 1.82) is 0 Å². The Morgan fingerprint density at radius 2 is 2.14 bits per heavy atom. The summed E-state index contributed by atoms with van der Waals surface area (Å²) < 4.78 is 22.2. The molecule has 1 aromatic rings. The first-order chi connectivity index (χ1) is 6.45. The molecule has 3 N–H and O–H groups in total. The van der Waals surface area contributed by atoms with E-state index < -0.39 is 9.84 Å². The number of benzene rings is 1. The Hall–Kier alpha value is -1.11. The molecule has 6 heteroatoms. The number of aromatic hydroxyl groups is 1. The lowest BCUT2D eigenvalue weighted by Crippen LogP contribution is -2.01. The van der Waals surface area contributed by atoms with E-state index >= 15 is 0 Å². The lowest BCUT2D eigenvalue weighted by Gasteiger charge is -2.04. The molecule has 14 heavy (non-hydrogen) atoms. The van der Waals surface area contributed by atoms with E-state index in [1.807, 2.05) is 0 Å². The Labute approximate surface area is 82.0 Å². The maximum Gasteiger partial charge on any atom is 0.179 e. The van der Waals surface area contributed by atoms with Crippen LogP contribution in [-0.4, -0.2) is 19.8 Å². The summed E-state index contributed by atoms with van der Waals surface area (Å²) in [5, 5.41) is 9.38. The first-order valence-electron chi connectivity index (χ1n) is 3.79. The fourth-order valence-corrected chi connectivity index (χ4v) is 1.82. The van der Waals surface area contributed by atoms with Gasteiger partial charge in [0.1, 0.15) is 10.6 Å². The zero-order valence-electron chi connectivity index (χ0n) is 7.60. The number of phenols is 1. The van der Waals surface area contributed by atoms with Crippen LogP contribution in [0.15, 0.2) is 23.1 Å². The van der Waals surface area contributed by atoms with Gasteiger partial charge in [-0.3, -0.25) is 4.84 Å². The maximum atomic E-state index is 11.1. The summed E-state index contributed by atoms with van der Waals surface area (Å²) in [6.07, 6.45) is 1.03. The van der Waals surface area contributed by atoms with Gasteiger partial charge in [-0.05, 0) is 17.7 Å². The number of phenolic OH excluding ortho intramolecular Hbond substituents is 1. The molecule has 0 spiro atoms. The van der Waals surface area contributed by atoms with Crippen LogP contribution in [-0.2, 0) is 21.3 Å². The van der Waals surface area contributed by atoms with Gasteiger partial charge in [0.15, 0.2) is 9.84 Å². The molecule has 0 bridgehead atoms. The largest absolute Gasteiger partial charge is 0.507 e. The zero-order chi connectivity index (χ0) is 10.8. The van der Waals surface area contributed by atoms with Gasteiger partial charge >= 0.3 is 0 Å². The van der Waals surface area contributed by atoms with Crippen LogP contribution in [0.1, 0.15) is 5.56 Å². The summed E-state index contributed by atoms with van der Waals surface area (Å²) in [6, 6.07) is 4.16. The van der Waals surface area contributed by atoms with Crippen LogP contribution >= 0.6 is 0 Å². The second kappa shape index (κ2) is 3.95. The fourth-order valence-electron chi connectivity index (χ4n) is 1.06. The van der Waals surface area contributed by atoms with Crippen molar-refractivity contribution in [2.45, 2.75) is 11.5 Å². The summed E-state index contributed by atoms with van der Waals surface area (Å²) in [5.41, 5.74) is 0.609. The third-order valence-electron chi connectivity index (χ3n) is 1.67. The molecule has 0 fully saturated rings. The monoisotopic (exact) mass is 217 g/mol. The highest BCUT2D eigenvalue weighted by molar-refractivity contribution is 7.90. The van der Waals surface area contributed by atoms with Crippen LogP contribution in [0, 0.1) is 0 Å². The molecule has 1 aromatic carbocycles. The summed E-state index contributed by atoms with van der Waals surface area (Å²) in [5.74, 6) is 4.54. The molecule has 0 saturated carbocycles. The molecule has 0 aliphatic carbocycles. The van der Waals surface area contributed by atoms with E-state index in [0.29, 0.717) is 5.56 Å². The number of rotatable bonds is 3. The summed E-state index contributed by atoms with van der Waals surface area (Å²) in [6.45, 7) is 0.123. The van der Waals surface area contributed by atoms with Crippen LogP contribution in [0.2, 0.25) is 0 Å². The Kier molecular flexibility index (Phi) is 3.10. The van der Waals surface area contributed by atoms with Crippen molar-refractivity contribution in [2.24, 2.45) is 5.90 Å². The summed E-state index contributed by atoms with van der Waals surface area (Å²) >= 11 is 0. The molecule has 0 unspecified atom stereocenters. The van der Waals surface area contributed by atoms with E-state index in [2.05, 4.69) is 4.84 Å². The van der Waals surface area contributed by atoms with Gasteiger partial charge in [-0.25, -0.2) is 14.3 Å². The molecule has 0 amide bonds. The Morgan fingerprint density at radius 3 is 2.57 bits per heavy atom. The van der Waals surface area contributed by atoms with Crippen molar-refractivity contribution in [3.05, 3.63) is 23.8 Å². The van der Waals surface area contributed by atoms with Gasteiger partial charge in [0.05, 0.1) is 6.61 Å². The van der Waals surface area contributed by atoms with Gasteiger partial charge in [0, 0.05) is 6.26 Å². The number of sulfone groups is 1. The van der Waals surface area contributed by atoms with E-state index in [4.69, 9.17) is 5.90 Å². The average molecular weight is 217 g/mol. The van der Waals surface area contributed by atoms with Crippen molar-refractivity contribution in [3.8, 4) is 5.75 Å². The molecule has 0 aliphatic rings. The summed E-state index contributed by atoms with van der Waals surface area (Å²) in [4.78, 5) is 4.25. The van der Waals surface area contributed by atoms with E-state index in [0.717, 1.165) is 6.26 Å². The highest BCUT2D eigenvalue weighted by atomic mass is 32.2. The molecule has 5 nitrogen and oxygen atoms in total. The first kappa shape index (κ1) is 11.0. The standard InChI is InChI=1S/C8H11NO4S/c1-14(11,12)8-3-2-6(5-13-9)4-7(8)10/h2-4,10H,5,9H2,1H3. The van der Waals surface area contributed by atoms with Crippen molar-refractivity contribution >= 4 is 9.84 Å². The third kappa shape index (κ3) is 2.44. The number of nitrogens with two attached hydrogens (primary N) is 1. The van der Waals surface area contributed by atoms with Crippen molar-refractivity contribution in [1.82, 2.24) is 0 Å². The smallest absolute Gasteiger partial charge is 0.179 e. The molecule has 0 heterocycles. The number of hydrogen-bond acceptors (Lipinski definition) is 5. The fraction of sp³-hybridized carbons (Fsp3) is 0.250. The summed E-state index contributed by atoms with van der Waals surface area (Å²) in [7, 11) is -3.39. The Morgan fingerprint density at radius 1 is 1.50 bits per heavy atom. The molecule has 0 saturated heterocycles. The van der Waals surface area contributed by atoms with Crippen LogP contribution in [0.25, 0.3) is 0 Å². The Bertz CT molecular complexity index is 427. The second-order valence-electron chi connectivity index (χ2n) is 2.89. The molecular formula is C8H11NO4S. The normalized spacial score (nSPS) is 11.6. The minimum Gasteiger partial charge on any atom is -0.507 e. The lowest BCUT2D eigenvalue weighted by molar-refractivity contribution is 0.124. The molecular weight excluding hydrogens is 206 g/mol. The highest BCUT2D eigenvalue weighted by Gasteiger charge is 2.12. The predicted octanol–water partition coefficient (Wildman–Crippen LogP) is 0.186. The minimum atomic E-state index is -3.39. The zero-order valence-corrected chi connectivity index (χ0v) is 8.41. The van der Waals surface area contributed by atoms with Crippen molar-refractivity contribution in [2.75, 3.05) is 6.26 Å². The minimum absolute atomic E-state index is 0.0988. The Balaban J connectivity index is 3.15. The quantitative estimate of drug-likeness (QED) is 0.705. The van der Waals surface area contributed by atoms with E-state index in [1.54, 1.807) is 0 Å². The molecule has 0 atom stereocenters. The van der Waals surface area contributed by atoms with Crippen LogP contribution < -0.4 is 5.90 Å². The molecule has 0 aromatic heterocycles. The average Bonchev–Trinajstić information content (AvgIpc) is 2.02. The SMILES string of the molecule is CS(=O)(=O)c1ccc(CON)cc1O. The van der Waals surface area contributed by atoms with Gasteiger partial charge in [0.25, 0.3) is 0 Å². The molecule has 78 valence electrons. The predicted molar refractivity (Wildman–Crippen MR) is 50.2 cm³/mol. The second-order valence-corrected chi connectivity index (χ2v) is 4.87. The lowest BCUT2D eigenvalue weighted by atomic mass is 10.2. The highest BCUT2D eigenvalue weighted by Crippen LogP contribution is 2.23. The number of hydrogen-bond donors (Lipinski definition) is 2. The van der Waals surface area contributed by atoms with Crippen LogP contribution in [0.5, 0.6) is 5.75 Å². The third-order valence-corrected chi connectivity index (χ3v) is 2.82. The van der Waals surface area contributed by atoms with Crippen molar-refractivity contribution < 1.29 is 18.4 Å². The van der Waals surface area contributed by atoms with Gasteiger partial charge in [-0.1, -0.05) is 6.07 Å². The van der Waals surface area contributed by atoms with Crippen molar-refractivity contribution in [3.63, 3.8) is 0 Å².